The number of rotatable bonds is 7. The standard InChI is InChI=1S/C27H29FN2O3S/c1-19(20-7-13-24(28)14-8-20)29-27(31)23-9-15-25(16-10-23)30-34(32,33)26-17-11-22(12-18-26)21-5-3-2-4-6-21/h2-8,11-14,17-19,23,25,30H,9-10,15-16H2,1H3,(H,29,31)/t19-,23?,25?/m1/s1. The minimum absolute atomic E-state index is 0.0466. The molecule has 1 aliphatic carbocycles. The van der Waals surface area contributed by atoms with Crippen LogP contribution in [0, 0.1) is 11.7 Å². The molecular weight excluding hydrogens is 451 g/mol. The molecule has 0 spiro atoms. The summed E-state index contributed by atoms with van der Waals surface area (Å²) in [6.07, 6.45) is 2.43. The maximum absolute atomic E-state index is 13.1. The summed E-state index contributed by atoms with van der Waals surface area (Å²) in [5.41, 5.74) is 2.83. The van der Waals surface area contributed by atoms with Gasteiger partial charge >= 0.3 is 0 Å². The summed E-state index contributed by atoms with van der Waals surface area (Å²) in [6.45, 7) is 1.87. The molecular formula is C27H29FN2O3S. The highest BCUT2D eigenvalue weighted by Crippen LogP contribution is 2.27. The summed E-state index contributed by atoms with van der Waals surface area (Å²) in [4.78, 5) is 12.9. The monoisotopic (exact) mass is 480 g/mol. The fraction of sp³-hybridized carbons (Fsp3) is 0.296. The topological polar surface area (TPSA) is 75.3 Å². The van der Waals surface area contributed by atoms with Crippen LogP contribution in [-0.4, -0.2) is 20.4 Å². The van der Waals surface area contributed by atoms with Gasteiger partial charge in [0.25, 0.3) is 0 Å². The van der Waals surface area contributed by atoms with Gasteiger partial charge in [-0.1, -0.05) is 54.6 Å². The van der Waals surface area contributed by atoms with E-state index >= 15 is 0 Å². The lowest BCUT2D eigenvalue weighted by atomic mass is 9.85. The summed E-state index contributed by atoms with van der Waals surface area (Å²) >= 11 is 0. The van der Waals surface area contributed by atoms with E-state index in [1.807, 2.05) is 49.4 Å². The summed E-state index contributed by atoms with van der Waals surface area (Å²) in [5, 5.41) is 2.99. The van der Waals surface area contributed by atoms with Gasteiger partial charge in [-0.05, 0) is 73.6 Å². The third-order valence-corrected chi connectivity index (χ3v) is 7.96. The Balaban J connectivity index is 1.30. The molecule has 1 amide bonds. The number of benzene rings is 3. The van der Waals surface area contributed by atoms with Gasteiger partial charge in [0, 0.05) is 12.0 Å². The molecule has 3 aromatic rings. The normalized spacial score (nSPS) is 19.4. The van der Waals surface area contributed by atoms with E-state index in [-0.39, 0.29) is 34.6 Å². The number of carbonyl (C=O) groups is 1. The van der Waals surface area contributed by atoms with Crippen molar-refractivity contribution in [1.29, 1.82) is 0 Å². The van der Waals surface area contributed by atoms with Gasteiger partial charge in [0.05, 0.1) is 10.9 Å². The van der Waals surface area contributed by atoms with Crippen molar-refractivity contribution in [2.45, 2.75) is 49.6 Å². The number of halogens is 1. The van der Waals surface area contributed by atoms with E-state index in [1.165, 1.54) is 12.1 Å². The third kappa shape index (κ3) is 5.90. The van der Waals surface area contributed by atoms with Crippen molar-refractivity contribution in [3.05, 3.63) is 90.2 Å². The molecule has 4 rings (SSSR count). The zero-order chi connectivity index (χ0) is 24.1. The van der Waals surface area contributed by atoms with Crippen LogP contribution in [0.1, 0.15) is 44.2 Å². The fourth-order valence-corrected chi connectivity index (χ4v) is 5.69. The Morgan fingerprint density at radius 3 is 2.06 bits per heavy atom. The molecule has 1 saturated carbocycles. The van der Waals surface area contributed by atoms with E-state index < -0.39 is 10.0 Å². The predicted octanol–water partition coefficient (Wildman–Crippen LogP) is 5.21. The first-order valence-corrected chi connectivity index (χ1v) is 13.0. The van der Waals surface area contributed by atoms with E-state index in [4.69, 9.17) is 0 Å². The molecule has 5 nitrogen and oxygen atoms in total. The van der Waals surface area contributed by atoms with Crippen LogP contribution in [0.3, 0.4) is 0 Å². The minimum Gasteiger partial charge on any atom is -0.349 e. The Morgan fingerprint density at radius 2 is 1.44 bits per heavy atom. The van der Waals surface area contributed by atoms with Crippen molar-refractivity contribution in [3.8, 4) is 11.1 Å². The lowest BCUT2D eigenvalue weighted by molar-refractivity contribution is -0.126. The molecule has 0 bridgehead atoms. The molecule has 1 fully saturated rings. The quantitative estimate of drug-likeness (QED) is 0.488. The van der Waals surface area contributed by atoms with Gasteiger partial charge in [-0.25, -0.2) is 17.5 Å². The Morgan fingerprint density at radius 1 is 0.853 bits per heavy atom. The number of sulfonamides is 1. The van der Waals surface area contributed by atoms with Crippen molar-refractivity contribution >= 4 is 15.9 Å². The largest absolute Gasteiger partial charge is 0.349 e. The Labute approximate surface area is 200 Å². The lowest BCUT2D eigenvalue weighted by Crippen LogP contribution is -2.41. The van der Waals surface area contributed by atoms with E-state index in [2.05, 4.69) is 10.0 Å². The van der Waals surface area contributed by atoms with Gasteiger partial charge in [-0.2, -0.15) is 0 Å². The first-order valence-electron chi connectivity index (χ1n) is 11.6. The van der Waals surface area contributed by atoms with Gasteiger partial charge in [-0.3, -0.25) is 4.79 Å². The average Bonchev–Trinajstić information content (AvgIpc) is 2.85. The van der Waals surface area contributed by atoms with Crippen molar-refractivity contribution in [1.82, 2.24) is 10.0 Å². The molecule has 2 N–H and O–H groups in total. The molecule has 0 aliphatic heterocycles. The number of carbonyl (C=O) groups excluding carboxylic acids is 1. The highest BCUT2D eigenvalue weighted by Gasteiger charge is 2.29. The molecule has 1 aliphatic rings. The number of hydrogen-bond donors (Lipinski definition) is 2. The highest BCUT2D eigenvalue weighted by atomic mass is 32.2. The van der Waals surface area contributed by atoms with Crippen LogP contribution in [0.15, 0.2) is 83.8 Å². The molecule has 0 saturated heterocycles. The van der Waals surface area contributed by atoms with Crippen LogP contribution < -0.4 is 10.0 Å². The van der Waals surface area contributed by atoms with E-state index in [9.17, 15) is 17.6 Å². The Hall–Kier alpha value is -3.03. The molecule has 34 heavy (non-hydrogen) atoms. The zero-order valence-electron chi connectivity index (χ0n) is 19.1. The van der Waals surface area contributed by atoms with Crippen molar-refractivity contribution in [2.75, 3.05) is 0 Å². The Bertz CT molecular complexity index is 1200. The number of hydrogen-bond acceptors (Lipinski definition) is 3. The van der Waals surface area contributed by atoms with Crippen LogP contribution in [0.4, 0.5) is 4.39 Å². The van der Waals surface area contributed by atoms with E-state index in [0.29, 0.717) is 25.7 Å². The summed E-state index contributed by atoms with van der Waals surface area (Å²) < 4.78 is 41.7. The first kappa shape index (κ1) is 24.1. The van der Waals surface area contributed by atoms with Crippen LogP contribution in [0.25, 0.3) is 11.1 Å². The molecule has 0 radical (unpaired) electrons. The lowest BCUT2D eigenvalue weighted by Gasteiger charge is -2.29. The minimum atomic E-state index is -3.64. The number of amides is 1. The zero-order valence-corrected chi connectivity index (χ0v) is 19.9. The van der Waals surface area contributed by atoms with Crippen molar-refractivity contribution in [3.63, 3.8) is 0 Å². The van der Waals surface area contributed by atoms with Crippen molar-refractivity contribution < 1.29 is 17.6 Å². The van der Waals surface area contributed by atoms with Crippen LogP contribution in [0.2, 0.25) is 0 Å². The smallest absolute Gasteiger partial charge is 0.240 e. The fourth-order valence-electron chi connectivity index (χ4n) is 4.38. The van der Waals surface area contributed by atoms with Gasteiger partial charge in [-0.15, -0.1) is 0 Å². The highest BCUT2D eigenvalue weighted by molar-refractivity contribution is 7.89. The van der Waals surface area contributed by atoms with Crippen LogP contribution >= 0.6 is 0 Å². The molecule has 0 unspecified atom stereocenters. The van der Waals surface area contributed by atoms with E-state index in [0.717, 1.165) is 16.7 Å². The van der Waals surface area contributed by atoms with Gasteiger partial charge in [0.15, 0.2) is 0 Å². The second kappa shape index (κ2) is 10.5. The second-order valence-electron chi connectivity index (χ2n) is 8.84. The van der Waals surface area contributed by atoms with Gasteiger partial charge < -0.3 is 5.32 Å². The molecule has 1 atom stereocenters. The first-order chi connectivity index (χ1) is 16.3. The van der Waals surface area contributed by atoms with Crippen LogP contribution in [-0.2, 0) is 14.8 Å². The van der Waals surface area contributed by atoms with Crippen LogP contribution in [0.5, 0.6) is 0 Å². The molecule has 178 valence electrons. The van der Waals surface area contributed by atoms with E-state index in [1.54, 1.807) is 24.3 Å². The van der Waals surface area contributed by atoms with Gasteiger partial charge in [0.1, 0.15) is 5.82 Å². The summed E-state index contributed by atoms with van der Waals surface area (Å²) in [6, 6.07) is 22.3. The summed E-state index contributed by atoms with van der Waals surface area (Å²) in [5.74, 6) is -0.515. The van der Waals surface area contributed by atoms with Gasteiger partial charge in [0.2, 0.25) is 15.9 Å². The Kier molecular flexibility index (Phi) is 7.44. The second-order valence-corrected chi connectivity index (χ2v) is 10.6. The summed E-state index contributed by atoms with van der Waals surface area (Å²) in [7, 11) is -3.64. The SMILES string of the molecule is C[C@@H](NC(=O)C1CCC(NS(=O)(=O)c2ccc(-c3ccccc3)cc2)CC1)c1ccc(F)cc1. The van der Waals surface area contributed by atoms with Crippen molar-refractivity contribution in [2.24, 2.45) is 5.92 Å². The maximum atomic E-state index is 13.1. The molecule has 0 aromatic heterocycles. The number of nitrogens with one attached hydrogen (secondary N) is 2. The predicted molar refractivity (Wildman–Crippen MR) is 131 cm³/mol. The molecule has 0 heterocycles. The average molecular weight is 481 g/mol. The molecule has 3 aromatic carbocycles. The third-order valence-electron chi connectivity index (χ3n) is 6.42. The maximum Gasteiger partial charge on any atom is 0.240 e. The molecule has 7 heteroatoms.